The molecule has 0 amide bonds. The molecule has 0 bridgehead atoms. The third-order valence-electron chi connectivity index (χ3n) is 3.62. The number of nitrogens with two attached hydrogens (primary N) is 1. The molecule has 0 atom stereocenters. The van der Waals surface area contributed by atoms with Gasteiger partial charge in [-0.2, -0.15) is 0 Å². The molecule has 0 radical (unpaired) electrons. The summed E-state index contributed by atoms with van der Waals surface area (Å²) in [6.07, 6.45) is 0. The minimum atomic E-state index is 0.577. The molecule has 0 fully saturated rings. The van der Waals surface area contributed by atoms with Crippen molar-refractivity contribution in [2.45, 2.75) is 6.54 Å². The Labute approximate surface area is 119 Å². The maximum atomic E-state index is 5.69. The van der Waals surface area contributed by atoms with Crippen molar-refractivity contribution in [2.24, 2.45) is 5.73 Å². The molecule has 3 N–H and O–H groups in total. The Bertz CT molecular complexity index is 724. The van der Waals surface area contributed by atoms with E-state index in [9.17, 15) is 0 Å². The summed E-state index contributed by atoms with van der Waals surface area (Å²) >= 11 is 0. The number of rotatable bonds is 3. The molecule has 0 unspecified atom stereocenters. The van der Waals surface area contributed by atoms with Crippen LogP contribution in [0.2, 0.25) is 0 Å². The molecule has 0 spiro atoms. The highest BCUT2D eigenvalue weighted by Gasteiger charge is 2.04. The smallest absolute Gasteiger partial charge is 0.0464 e. The van der Waals surface area contributed by atoms with Gasteiger partial charge in [0.25, 0.3) is 0 Å². The molecule has 0 aliphatic carbocycles. The molecule has 3 heteroatoms. The second-order valence-electron chi connectivity index (χ2n) is 5.25. The van der Waals surface area contributed by atoms with Gasteiger partial charge in [-0.3, -0.25) is 0 Å². The number of nitrogens with one attached hydrogen (secondary N) is 1. The molecule has 1 heterocycles. The molecule has 0 aliphatic heterocycles. The van der Waals surface area contributed by atoms with Gasteiger partial charge in [0.1, 0.15) is 0 Å². The summed E-state index contributed by atoms with van der Waals surface area (Å²) in [5.74, 6) is 0. The second-order valence-corrected chi connectivity index (χ2v) is 5.25. The predicted octanol–water partition coefficient (Wildman–Crippen LogP) is 3.36. The maximum absolute atomic E-state index is 5.69. The van der Waals surface area contributed by atoms with Crippen molar-refractivity contribution in [3.05, 3.63) is 54.1 Å². The topological polar surface area (TPSA) is 45.0 Å². The largest absolute Gasteiger partial charge is 0.378 e. The van der Waals surface area contributed by atoms with Crippen LogP contribution in [0.4, 0.5) is 5.69 Å². The fraction of sp³-hybridized carbons (Fsp3) is 0.176. The molecule has 1 aromatic heterocycles. The number of aromatic nitrogens is 1. The number of hydrogen-bond acceptors (Lipinski definition) is 2. The van der Waals surface area contributed by atoms with Gasteiger partial charge in [-0.15, -0.1) is 0 Å². The standard InChI is InChI=1S/C17H19N3/c1-20(2)15-6-4-13(5-7-15)17-10-14-9-12(11-18)3-8-16(14)19-17/h3-10,19H,11,18H2,1-2H3. The van der Waals surface area contributed by atoms with Crippen LogP contribution in [0.5, 0.6) is 0 Å². The summed E-state index contributed by atoms with van der Waals surface area (Å²) in [6.45, 7) is 0.577. The van der Waals surface area contributed by atoms with E-state index >= 15 is 0 Å². The predicted molar refractivity (Wildman–Crippen MR) is 86.0 cm³/mol. The van der Waals surface area contributed by atoms with Gasteiger partial charge in [0.05, 0.1) is 0 Å². The van der Waals surface area contributed by atoms with Crippen LogP contribution in [0, 0.1) is 0 Å². The number of fused-ring (bicyclic) bond motifs is 1. The molecular weight excluding hydrogens is 246 g/mol. The van der Waals surface area contributed by atoms with Crippen molar-refractivity contribution in [2.75, 3.05) is 19.0 Å². The van der Waals surface area contributed by atoms with Crippen LogP contribution in [0.3, 0.4) is 0 Å². The van der Waals surface area contributed by atoms with Gasteiger partial charge < -0.3 is 15.6 Å². The number of benzene rings is 2. The van der Waals surface area contributed by atoms with Crippen LogP contribution >= 0.6 is 0 Å². The van der Waals surface area contributed by atoms with Crippen LogP contribution in [0.1, 0.15) is 5.56 Å². The minimum Gasteiger partial charge on any atom is -0.378 e. The van der Waals surface area contributed by atoms with Gasteiger partial charge >= 0.3 is 0 Å². The minimum absolute atomic E-state index is 0.577. The normalized spacial score (nSPS) is 10.9. The van der Waals surface area contributed by atoms with E-state index in [4.69, 9.17) is 5.73 Å². The first-order valence-corrected chi connectivity index (χ1v) is 6.77. The lowest BCUT2D eigenvalue weighted by molar-refractivity contribution is 1.08. The first kappa shape index (κ1) is 12.8. The number of aromatic amines is 1. The molecule has 3 rings (SSSR count). The average molecular weight is 265 g/mol. The van der Waals surface area contributed by atoms with E-state index in [1.165, 1.54) is 16.6 Å². The quantitative estimate of drug-likeness (QED) is 0.762. The molecule has 3 nitrogen and oxygen atoms in total. The Morgan fingerprint density at radius 2 is 1.75 bits per heavy atom. The van der Waals surface area contributed by atoms with Crippen molar-refractivity contribution >= 4 is 16.6 Å². The Balaban J connectivity index is 2.01. The lowest BCUT2D eigenvalue weighted by Crippen LogP contribution is -2.07. The number of H-pyrrole nitrogens is 1. The molecule has 0 saturated heterocycles. The average Bonchev–Trinajstić information content (AvgIpc) is 2.90. The number of hydrogen-bond donors (Lipinski definition) is 2. The van der Waals surface area contributed by atoms with Crippen molar-refractivity contribution in [1.29, 1.82) is 0 Å². The lowest BCUT2D eigenvalue weighted by atomic mass is 10.1. The van der Waals surface area contributed by atoms with Crippen molar-refractivity contribution in [3.63, 3.8) is 0 Å². The highest BCUT2D eigenvalue weighted by molar-refractivity contribution is 5.86. The summed E-state index contributed by atoms with van der Waals surface area (Å²) in [5, 5.41) is 1.21. The van der Waals surface area contributed by atoms with Gasteiger partial charge in [-0.1, -0.05) is 18.2 Å². The van der Waals surface area contributed by atoms with Crippen LogP contribution in [-0.4, -0.2) is 19.1 Å². The first-order chi connectivity index (χ1) is 9.67. The fourth-order valence-corrected chi connectivity index (χ4v) is 2.40. The van der Waals surface area contributed by atoms with Gasteiger partial charge in [-0.05, 0) is 41.5 Å². The summed E-state index contributed by atoms with van der Waals surface area (Å²) in [5.41, 5.74) is 11.5. The maximum Gasteiger partial charge on any atom is 0.0464 e. The summed E-state index contributed by atoms with van der Waals surface area (Å²) in [6, 6.07) is 17.0. The van der Waals surface area contributed by atoms with E-state index in [0.29, 0.717) is 6.54 Å². The van der Waals surface area contributed by atoms with E-state index in [0.717, 1.165) is 16.8 Å². The Hall–Kier alpha value is -2.26. The monoisotopic (exact) mass is 265 g/mol. The van der Waals surface area contributed by atoms with Gasteiger partial charge in [0, 0.05) is 42.9 Å². The zero-order chi connectivity index (χ0) is 14.1. The highest BCUT2D eigenvalue weighted by atomic mass is 15.1. The molecule has 0 aliphatic rings. The van der Waals surface area contributed by atoms with Crippen LogP contribution in [0.25, 0.3) is 22.2 Å². The Kier molecular flexibility index (Phi) is 3.20. The van der Waals surface area contributed by atoms with E-state index in [1.54, 1.807) is 0 Å². The SMILES string of the molecule is CN(C)c1ccc(-c2cc3cc(CN)ccc3[nH]2)cc1. The van der Waals surface area contributed by atoms with Gasteiger partial charge in [0.2, 0.25) is 0 Å². The zero-order valence-electron chi connectivity index (χ0n) is 11.9. The number of nitrogens with zero attached hydrogens (tertiary/aromatic N) is 1. The molecule has 102 valence electrons. The fourth-order valence-electron chi connectivity index (χ4n) is 2.40. The molecule has 2 aromatic carbocycles. The third-order valence-corrected chi connectivity index (χ3v) is 3.62. The van der Waals surface area contributed by atoms with Crippen molar-refractivity contribution < 1.29 is 0 Å². The van der Waals surface area contributed by atoms with Crippen LogP contribution < -0.4 is 10.6 Å². The summed E-state index contributed by atoms with van der Waals surface area (Å²) in [7, 11) is 4.10. The molecular formula is C17H19N3. The number of anilines is 1. The van der Waals surface area contributed by atoms with E-state index in [1.807, 2.05) is 14.1 Å². The van der Waals surface area contributed by atoms with Crippen LogP contribution in [-0.2, 0) is 6.54 Å². The second kappa shape index (κ2) is 5.02. The lowest BCUT2D eigenvalue weighted by Gasteiger charge is -2.12. The first-order valence-electron chi connectivity index (χ1n) is 6.77. The zero-order valence-corrected chi connectivity index (χ0v) is 11.9. The van der Waals surface area contributed by atoms with Gasteiger partial charge in [0.15, 0.2) is 0 Å². The molecule has 0 saturated carbocycles. The summed E-state index contributed by atoms with van der Waals surface area (Å²) < 4.78 is 0. The van der Waals surface area contributed by atoms with Crippen molar-refractivity contribution in [3.8, 4) is 11.3 Å². The van der Waals surface area contributed by atoms with E-state index in [2.05, 4.69) is 58.4 Å². The summed E-state index contributed by atoms with van der Waals surface area (Å²) in [4.78, 5) is 5.56. The molecule has 20 heavy (non-hydrogen) atoms. The Morgan fingerprint density at radius 3 is 2.40 bits per heavy atom. The van der Waals surface area contributed by atoms with Crippen LogP contribution in [0.15, 0.2) is 48.5 Å². The highest BCUT2D eigenvalue weighted by Crippen LogP contribution is 2.26. The van der Waals surface area contributed by atoms with E-state index in [-0.39, 0.29) is 0 Å². The third kappa shape index (κ3) is 2.28. The van der Waals surface area contributed by atoms with Gasteiger partial charge in [-0.25, -0.2) is 0 Å². The van der Waals surface area contributed by atoms with Crippen molar-refractivity contribution in [1.82, 2.24) is 4.98 Å². The van der Waals surface area contributed by atoms with E-state index < -0.39 is 0 Å². The molecule has 3 aromatic rings. The Morgan fingerprint density at radius 1 is 1.00 bits per heavy atom.